The highest BCUT2D eigenvalue weighted by atomic mass is 32.2. The molecule has 3 rings (SSSR count). The highest BCUT2D eigenvalue weighted by Gasteiger charge is 2.11. The zero-order valence-corrected chi connectivity index (χ0v) is 14.5. The number of hydrogen-bond donors (Lipinski definition) is 2. The minimum absolute atomic E-state index is 0.143. The number of aryl methyl sites for hydroxylation is 1. The molecule has 7 nitrogen and oxygen atoms in total. The Bertz CT molecular complexity index is 994. The van der Waals surface area contributed by atoms with Crippen LogP contribution in [0.1, 0.15) is 12.0 Å². The van der Waals surface area contributed by atoms with Crippen molar-refractivity contribution >= 4 is 27.0 Å². The maximum absolute atomic E-state index is 12.1. The van der Waals surface area contributed by atoms with Crippen molar-refractivity contribution in [3.05, 3.63) is 60.4 Å². The molecule has 1 heterocycles. The number of carbonyl (C=O) groups excluding carboxylic acids is 1. The van der Waals surface area contributed by atoms with Crippen molar-refractivity contribution in [2.24, 2.45) is 0 Å². The van der Waals surface area contributed by atoms with Crippen LogP contribution in [0, 0.1) is 0 Å². The lowest BCUT2D eigenvalue weighted by atomic mass is 10.1. The molecule has 3 aromatic rings. The number of nitrogens with zero attached hydrogens (tertiary/aromatic N) is 2. The van der Waals surface area contributed by atoms with Crippen molar-refractivity contribution in [1.82, 2.24) is 14.4 Å². The maximum Gasteiger partial charge on any atom is 0.240 e. The quantitative estimate of drug-likeness (QED) is 0.701. The average Bonchev–Trinajstić information content (AvgIpc) is 3.03. The van der Waals surface area contributed by atoms with E-state index in [1.165, 1.54) is 19.2 Å². The number of para-hydroxylation sites is 2. The van der Waals surface area contributed by atoms with Gasteiger partial charge in [0.05, 0.1) is 15.9 Å². The van der Waals surface area contributed by atoms with Crippen LogP contribution in [0.2, 0.25) is 0 Å². The molecule has 0 saturated heterocycles. The van der Waals surface area contributed by atoms with Gasteiger partial charge in [-0.15, -0.1) is 0 Å². The molecular formula is C17H18N4O3S. The second-order valence-corrected chi connectivity index (χ2v) is 7.38. The monoisotopic (exact) mass is 358 g/mol. The first-order valence-electron chi connectivity index (χ1n) is 7.74. The number of amides is 1. The molecule has 0 aliphatic rings. The SMILES string of the molecule is CNS(=O)(=O)c1ccc(CCC(=O)Nn2cnc3ccccc32)cc1. The third-order valence-corrected chi connectivity index (χ3v) is 5.27. The number of hydrogen-bond acceptors (Lipinski definition) is 4. The lowest BCUT2D eigenvalue weighted by molar-refractivity contribution is -0.117. The Kier molecular flexibility index (Phi) is 4.82. The lowest BCUT2D eigenvalue weighted by Gasteiger charge is -2.08. The van der Waals surface area contributed by atoms with Crippen LogP contribution in [-0.2, 0) is 21.2 Å². The van der Waals surface area contributed by atoms with E-state index in [1.54, 1.807) is 23.1 Å². The number of benzene rings is 2. The van der Waals surface area contributed by atoms with Crippen molar-refractivity contribution in [3.8, 4) is 0 Å². The Morgan fingerprint density at radius 3 is 2.56 bits per heavy atom. The average molecular weight is 358 g/mol. The molecule has 0 saturated carbocycles. The Labute approximate surface area is 145 Å². The summed E-state index contributed by atoms with van der Waals surface area (Å²) in [4.78, 5) is 16.6. The van der Waals surface area contributed by atoms with Crippen molar-refractivity contribution in [2.45, 2.75) is 17.7 Å². The molecule has 25 heavy (non-hydrogen) atoms. The third kappa shape index (κ3) is 3.86. The molecular weight excluding hydrogens is 340 g/mol. The van der Waals surface area contributed by atoms with E-state index in [0.29, 0.717) is 6.42 Å². The van der Waals surface area contributed by atoms with Gasteiger partial charge in [-0.2, -0.15) is 0 Å². The van der Waals surface area contributed by atoms with E-state index in [0.717, 1.165) is 16.6 Å². The lowest BCUT2D eigenvalue weighted by Crippen LogP contribution is -2.22. The summed E-state index contributed by atoms with van der Waals surface area (Å²) in [5.74, 6) is -0.143. The van der Waals surface area contributed by atoms with Crippen LogP contribution >= 0.6 is 0 Å². The molecule has 0 aliphatic heterocycles. The van der Waals surface area contributed by atoms with E-state index in [1.807, 2.05) is 24.3 Å². The minimum atomic E-state index is -3.44. The fourth-order valence-electron chi connectivity index (χ4n) is 2.45. The molecule has 0 bridgehead atoms. The standard InChI is InChI=1S/C17H18N4O3S/c1-18-25(23,24)14-9-6-13(7-10-14)8-11-17(22)20-21-12-19-15-4-2-3-5-16(15)21/h2-7,9-10,12,18H,8,11H2,1H3,(H,20,22). The van der Waals surface area contributed by atoms with Gasteiger partial charge in [0.1, 0.15) is 6.33 Å². The summed E-state index contributed by atoms with van der Waals surface area (Å²) in [6.45, 7) is 0. The van der Waals surface area contributed by atoms with Crippen molar-refractivity contribution in [1.29, 1.82) is 0 Å². The normalized spacial score (nSPS) is 11.6. The topological polar surface area (TPSA) is 93.1 Å². The molecule has 2 N–H and O–H groups in total. The van der Waals surface area contributed by atoms with Crippen LogP contribution in [-0.4, -0.2) is 31.0 Å². The Morgan fingerprint density at radius 1 is 1.12 bits per heavy atom. The maximum atomic E-state index is 12.1. The van der Waals surface area contributed by atoms with Crippen molar-refractivity contribution < 1.29 is 13.2 Å². The molecule has 2 aromatic carbocycles. The first-order chi connectivity index (χ1) is 12.0. The highest BCUT2D eigenvalue weighted by molar-refractivity contribution is 7.89. The van der Waals surface area contributed by atoms with Crippen LogP contribution in [0.4, 0.5) is 0 Å². The number of rotatable bonds is 6. The van der Waals surface area contributed by atoms with Crippen LogP contribution in [0.25, 0.3) is 11.0 Å². The fraction of sp³-hybridized carbons (Fsp3) is 0.176. The van der Waals surface area contributed by atoms with E-state index in [9.17, 15) is 13.2 Å². The molecule has 0 aliphatic carbocycles. The largest absolute Gasteiger partial charge is 0.273 e. The predicted octanol–water partition coefficient (Wildman–Crippen LogP) is 1.65. The molecule has 1 amide bonds. The van der Waals surface area contributed by atoms with Gasteiger partial charge < -0.3 is 0 Å². The molecule has 130 valence electrons. The summed E-state index contributed by atoms with van der Waals surface area (Å²) in [5.41, 5.74) is 5.32. The second-order valence-electron chi connectivity index (χ2n) is 5.49. The summed E-state index contributed by atoms with van der Waals surface area (Å²) in [7, 11) is -2.07. The zero-order chi connectivity index (χ0) is 17.9. The number of fused-ring (bicyclic) bond motifs is 1. The minimum Gasteiger partial charge on any atom is -0.273 e. The number of aromatic nitrogens is 2. The van der Waals surface area contributed by atoms with E-state index >= 15 is 0 Å². The summed E-state index contributed by atoms with van der Waals surface area (Å²) < 4.78 is 27.2. The number of carbonyl (C=O) groups is 1. The van der Waals surface area contributed by atoms with Gasteiger partial charge in [0.15, 0.2) is 0 Å². The molecule has 8 heteroatoms. The number of nitrogens with one attached hydrogen (secondary N) is 2. The van der Waals surface area contributed by atoms with Crippen LogP contribution in [0.15, 0.2) is 59.8 Å². The third-order valence-electron chi connectivity index (χ3n) is 3.84. The zero-order valence-electron chi connectivity index (χ0n) is 13.6. The summed E-state index contributed by atoms with van der Waals surface area (Å²) >= 11 is 0. The van der Waals surface area contributed by atoms with Gasteiger partial charge in [0, 0.05) is 6.42 Å². The Morgan fingerprint density at radius 2 is 1.84 bits per heavy atom. The van der Waals surface area contributed by atoms with Crippen molar-refractivity contribution in [3.63, 3.8) is 0 Å². The Balaban J connectivity index is 1.61. The molecule has 0 spiro atoms. The molecule has 0 fully saturated rings. The van der Waals surface area contributed by atoms with Crippen LogP contribution < -0.4 is 10.1 Å². The summed E-state index contributed by atoms with van der Waals surface area (Å²) in [6.07, 6.45) is 2.36. The summed E-state index contributed by atoms with van der Waals surface area (Å²) in [6, 6.07) is 14.0. The van der Waals surface area contributed by atoms with Gasteiger partial charge in [-0.05, 0) is 43.3 Å². The van der Waals surface area contributed by atoms with Gasteiger partial charge in [0.25, 0.3) is 0 Å². The number of sulfonamides is 1. The smallest absolute Gasteiger partial charge is 0.240 e. The molecule has 0 radical (unpaired) electrons. The first kappa shape index (κ1) is 17.1. The number of imidazole rings is 1. The van der Waals surface area contributed by atoms with Gasteiger partial charge in [-0.25, -0.2) is 22.8 Å². The molecule has 1 aromatic heterocycles. The first-order valence-corrected chi connectivity index (χ1v) is 9.22. The van der Waals surface area contributed by atoms with E-state index < -0.39 is 10.0 Å². The molecule has 0 atom stereocenters. The van der Waals surface area contributed by atoms with Gasteiger partial charge in [-0.3, -0.25) is 10.2 Å². The van der Waals surface area contributed by atoms with Gasteiger partial charge in [-0.1, -0.05) is 24.3 Å². The molecule has 0 unspecified atom stereocenters. The summed E-state index contributed by atoms with van der Waals surface area (Å²) in [5, 5.41) is 0. The van der Waals surface area contributed by atoms with Crippen LogP contribution in [0.5, 0.6) is 0 Å². The van der Waals surface area contributed by atoms with Crippen LogP contribution in [0.3, 0.4) is 0 Å². The Hall–Kier alpha value is -2.71. The van der Waals surface area contributed by atoms with Gasteiger partial charge >= 0.3 is 0 Å². The van der Waals surface area contributed by atoms with E-state index in [-0.39, 0.29) is 17.2 Å². The van der Waals surface area contributed by atoms with E-state index in [4.69, 9.17) is 0 Å². The highest BCUT2D eigenvalue weighted by Crippen LogP contribution is 2.12. The fourth-order valence-corrected chi connectivity index (χ4v) is 3.18. The van der Waals surface area contributed by atoms with Crippen molar-refractivity contribution in [2.75, 3.05) is 12.5 Å². The van der Waals surface area contributed by atoms with Gasteiger partial charge in [0.2, 0.25) is 15.9 Å². The van der Waals surface area contributed by atoms with E-state index in [2.05, 4.69) is 15.1 Å². The predicted molar refractivity (Wildman–Crippen MR) is 95.1 cm³/mol. The second kappa shape index (κ2) is 7.04.